The van der Waals surface area contributed by atoms with Crippen molar-refractivity contribution in [2.45, 2.75) is 71.0 Å². The lowest BCUT2D eigenvalue weighted by Gasteiger charge is -2.24. The smallest absolute Gasteiger partial charge is 0.305 e. The second-order valence-corrected chi connectivity index (χ2v) is 8.10. The van der Waals surface area contributed by atoms with E-state index in [9.17, 15) is 4.79 Å². The Balaban J connectivity index is 0.000000382. The summed E-state index contributed by atoms with van der Waals surface area (Å²) in [5.74, 6) is 1.95. The Bertz CT molecular complexity index is 310. The summed E-state index contributed by atoms with van der Waals surface area (Å²) in [6.07, 6.45) is 1.43. The highest BCUT2D eigenvalue weighted by Gasteiger charge is 2.41. The van der Waals surface area contributed by atoms with Crippen LogP contribution in [0.4, 0.5) is 0 Å². The van der Waals surface area contributed by atoms with Crippen molar-refractivity contribution >= 4 is 30.4 Å². The first-order valence-electron chi connectivity index (χ1n) is 7.63. The standard InChI is InChI=1S/C8H16O2S.C7H16N2S/c1-3-5-8(9)10-6-7-11-4-2;1-6(2)5(10)8-7(3,4)9-6/h3-7H2,1-2H3;5,8-10H,1-4H3. The third-order valence-corrected chi connectivity index (χ3v) is 4.60. The van der Waals surface area contributed by atoms with Gasteiger partial charge in [0.05, 0.1) is 11.0 Å². The van der Waals surface area contributed by atoms with Crippen molar-refractivity contribution in [3.8, 4) is 0 Å². The maximum atomic E-state index is 10.8. The summed E-state index contributed by atoms with van der Waals surface area (Å²) in [7, 11) is 0. The second-order valence-electron chi connectivity index (χ2n) is 6.19. The van der Waals surface area contributed by atoms with E-state index in [1.165, 1.54) is 0 Å². The Morgan fingerprint density at radius 2 is 1.90 bits per heavy atom. The zero-order valence-corrected chi connectivity index (χ0v) is 16.0. The fraction of sp³-hybridized carbons (Fsp3) is 0.933. The molecule has 0 amide bonds. The van der Waals surface area contributed by atoms with E-state index in [0.717, 1.165) is 17.9 Å². The lowest BCUT2D eigenvalue weighted by molar-refractivity contribution is -0.143. The molecular formula is C15H32N2O2S2. The van der Waals surface area contributed by atoms with Gasteiger partial charge in [0.15, 0.2) is 0 Å². The molecule has 2 N–H and O–H groups in total. The van der Waals surface area contributed by atoms with E-state index >= 15 is 0 Å². The second kappa shape index (κ2) is 9.98. The number of ether oxygens (including phenoxy) is 1. The van der Waals surface area contributed by atoms with E-state index < -0.39 is 0 Å². The van der Waals surface area contributed by atoms with Crippen LogP contribution in [0, 0.1) is 0 Å². The summed E-state index contributed by atoms with van der Waals surface area (Å²) < 4.78 is 4.92. The van der Waals surface area contributed by atoms with E-state index in [-0.39, 0.29) is 22.5 Å². The van der Waals surface area contributed by atoms with Gasteiger partial charge in [0, 0.05) is 17.7 Å². The van der Waals surface area contributed by atoms with E-state index in [0.29, 0.717) is 13.0 Å². The molecule has 126 valence electrons. The minimum atomic E-state index is -0.0656. The van der Waals surface area contributed by atoms with Crippen molar-refractivity contribution in [1.82, 2.24) is 10.6 Å². The highest BCUT2D eigenvalue weighted by molar-refractivity contribution is 7.99. The average molecular weight is 337 g/mol. The molecule has 1 unspecified atom stereocenters. The summed E-state index contributed by atoms with van der Waals surface area (Å²) in [4.78, 5) is 10.8. The maximum absolute atomic E-state index is 10.8. The summed E-state index contributed by atoms with van der Waals surface area (Å²) in [6.45, 7) is 13.2. The van der Waals surface area contributed by atoms with Gasteiger partial charge in [-0.2, -0.15) is 24.4 Å². The number of thiol groups is 1. The predicted octanol–water partition coefficient (Wildman–Crippen LogP) is 3.03. The largest absolute Gasteiger partial charge is 0.465 e. The lowest BCUT2D eigenvalue weighted by atomic mass is 10.1. The van der Waals surface area contributed by atoms with Crippen LogP contribution < -0.4 is 10.6 Å². The monoisotopic (exact) mass is 336 g/mol. The lowest BCUT2D eigenvalue weighted by Crippen LogP contribution is -2.46. The van der Waals surface area contributed by atoms with Crippen molar-refractivity contribution in [2.24, 2.45) is 0 Å². The SMILES string of the molecule is CC1(C)NC(S)C(C)(C)N1.CCCC(=O)OCCSCC. The Hall–Kier alpha value is 0.0900. The van der Waals surface area contributed by atoms with Gasteiger partial charge >= 0.3 is 5.97 Å². The van der Waals surface area contributed by atoms with Crippen LogP contribution in [0.5, 0.6) is 0 Å². The van der Waals surface area contributed by atoms with Crippen LogP contribution in [-0.2, 0) is 9.53 Å². The fourth-order valence-corrected chi connectivity index (χ4v) is 2.94. The van der Waals surface area contributed by atoms with Gasteiger partial charge < -0.3 is 4.74 Å². The molecule has 1 rings (SSSR count). The van der Waals surface area contributed by atoms with Gasteiger partial charge in [-0.25, -0.2) is 0 Å². The molecule has 0 aromatic rings. The van der Waals surface area contributed by atoms with Crippen molar-refractivity contribution in [2.75, 3.05) is 18.1 Å². The minimum Gasteiger partial charge on any atom is -0.465 e. The van der Waals surface area contributed by atoms with Gasteiger partial charge in [-0.3, -0.25) is 15.4 Å². The van der Waals surface area contributed by atoms with Crippen molar-refractivity contribution in [3.63, 3.8) is 0 Å². The molecule has 0 aromatic carbocycles. The molecule has 0 saturated carbocycles. The molecule has 1 atom stereocenters. The molecule has 1 aliphatic heterocycles. The van der Waals surface area contributed by atoms with Crippen LogP contribution in [0.3, 0.4) is 0 Å². The minimum absolute atomic E-state index is 0.0237. The Kier molecular flexibility index (Phi) is 10.0. The van der Waals surface area contributed by atoms with Gasteiger partial charge in [0.25, 0.3) is 0 Å². The van der Waals surface area contributed by atoms with Crippen molar-refractivity contribution in [1.29, 1.82) is 0 Å². The third kappa shape index (κ3) is 9.66. The topological polar surface area (TPSA) is 50.4 Å². The number of hydrogen-bond donors (Lipinski definition) is 3. The molecule has 6 heteroatoms. The fourth-order valence-electron chi connectivity index (χ4n) is 2.07. The molecule has 4 nitrogen and oxygen atoms in total. The number of thioether (sulfide) groups is 1. The quantitative estimate of drug-likeness (QED) is 0.395. The van der Waals surface area contributed by atoms with E-state index in [1.54, 1.807) is 11.8 Å². The van der Waals surface area contributed by atoms with Gasteiger partial charge in [-0.05, 0) is 39.9 Å². The van der Waals surface area contributed by atoms with Crippen LogP contribution in [0.25, 0.3) is 0 Å². The zero-order chi connectivity index (χ0) is 16.5. The summed E-state index contributed by atoms with van der Waals surface area (Å²) in [5, 5.41) is 7.01. The number of carbonyl (C=O) groups is 1. The predicted molar refractivity (Wildman–Crippen MR) is 96.1 cm³/mol. The molecular weight excluding hydrogens is 304 g/mol. The molecule has 1 fully saturated rings. The van der Waals surface area contributed by atoms with E-state index in [1.807, 2.05) is 6.92 Å². The highest BCUT2D eigenvalue weighted by atomic mass is 32.2. The number of carbonyl (C=O) groups excluding carboxylic acids is 1. The molecule has 21 heavy (non-hydrogen) atoms. The van der Waals surface area contributed by atoms with Gasteiger partial charge in [-0.1, -0.05) is 13.8 Å². The van der Waals surface area contributed by atoms with Crippen LogP contribution >= 0.6 is 24.4 Å². The van der Waals surface area contributed by atoms with Crippen LogP contribution in [0.1, 0.15) is 54.4 Å². The van der Waals surface area contributed by atoms with Crippen molar-refractivity contribution < 1.29 is 9.53 Å². The molecule has 0 bridgehead atoms. The van der Waals surface area contributed by atoms with Crippen LogP contribution in [-0.4, -0.2) is 40.7 Å². The molecule has 1 heterocycles. The van der Waals surface area contributed by atoms with Crippen LogP contribution in [0.15, 0.2) is 0 Å². The highest BCUT2D eigenvalue weighted by Crippen LogP contribution is 2.24. The number of esters is 1. The normalized spacial score (nSPS) is 22.3. The first-order valence-corrected chi connectivity index (χ1v) is 9.30. The molecule has 1 saturated heterocycles. The molecule has 0 radical (unpaired) electrons. The van der Waals surface area contributed by atoms with Gasteiger partial charge in [-0.15, -0.1) is 0 Å². The van der Waals surface area contributed by atoms with Gasteiger partial charge in [0.2, 0.25) is 0 Å². The Morgan fingerprint density at radius 1 is 1.29 bits per heavy atom. The zero-order valence-electron chi connectivity index (χ0n) is 14.3. The molecule has 0 spiro atoms. The van der Waals surface area contributed by atoms with E-state index in [4.69, 9.17) is 4.74 Å². The molecule has 0 aliphatic carbocycles. The first-order chi connectivity index (χ1) is 9.64. The summed E-state index contributed by atoms with van der Waals surface area (Å²) in [6, 6.07) is 0. The number of hydrogen-bond acceptors (Lipinski definition) is 6. The van der Waals surface area contributed by atoms with Crippen LogP contribution in [0.2, 0.25) is 0 Å². The Morgan fingerprint density at radius 3 is 2.24 bits per heavy atom. The first kappa shape index (κ1) is 21.1. The number of nitrogens with one attached hydrogen (secondary N) is 2. The summed E-state index contributed by atoms with van der Waals surface area (Å²) in [5.41, 5.74) is 0.114. The molecule has 1 aliphatic rings. The Labute approximate surface area is 140 Å². The van der Waals surface area contributed by atoms with E-state index in [2.05, 4.69) is 57.9 Å². The third-order valence-electron chi connectivity index (χ3n) is 2.96. The maximum Gasteiger partial charge on any atom is 0.305 e. The average Bonchev–Trinajstić information content (AvgIpc) is 2.53. The summed E-state index contributed by atoms with van der Waals surface area (Å²) >= 11 is 6.20. The number of rotatable bonds is 6. The van der Waals surface area contributed by atoms with Gasteiger partial charge in [0.1, 0.15) is 6.61 Å². The van der Waals surface area contributed by atoms with Crippen molar-refractivity contribution in [3.05, 3.63) is 0 Å². The molecule has 0 aromatic heterocycles.